The standard InChI is InChI=1S/C11H13BrClNO/c1-8(7-13)14(2)11(15)9-4-3-5-10(12)6-9/h3-6,8H,7H2,1-2H3. The van der Waals surface area contributed by atoms with Gasteiger partial charge in [-0.2, -0.15) is 0 Å². The maximum atomic E-state index is 11.9. The summed E-state index contributed by atoms with van der Waals surface area (Å²) in [7, 11) is 1.76. The Morgan fingerprint density at radius 2 is 2.27 bits per heavy atom. The van der Waals surface area contributed by atoms with Crippen LogP contribution in [0, 0.1) is 0 Å². The van der Waals surface area contributed by atoms with Crippen LogP contribution in [-0.4, -0.2) is 29.8 Å². The van der Waals surface area contributed by atoms with E-state index in [0.717, 1.165) is 4.47 Å². The molecule has 0 radical (unpaired) electrons. The Hall–Kier alpha value is -0.540. The summed E-state index contributed by atoms with van der Waals surface area (Å²) in [5.74, 6) is 0.431. The van der Waals surface area contributed by atoms with Crippen LogP contribution in [0.25, 0.3) is 0 Å². The van der Waals surface area contributed by atoms with Crippen LogP contribution in [0.1, 0.15) is 17.3 Å². The lowest BCUT2D eigenvalue weighted by atomic mass is 10.2. The van der Waals surface area contributed by atoms with Crippen molar-refractivity contribution in [3.63, 3.8) is 0 Å². The van der Waals surface area contributed by atoms with E-state index in [2.05, 4.69) is 15.9 Å². The lowest BCUT2D eigenvalue weighted by Gasteiger charge is -2.23. The number of carbonyl (C=O) groups excluding carboxylic acids is 1. The zero-order chi connectivity index (χ0) is 11.4. The van der Waals surface area contributed by atoms with Crippen molar-refractivity contribution in [2.24, 2.45) is 0 Å². The molecule has 4 heteroatoms. The third-order valence-electron chi connectivity index (χ3n) is 2.28. The van der Waals surface area contributed by atoms with Gasteiger partial charge < -0.3 is 4.90 Å². The quantitative estimate of drug-likeness (QED) is 0.783. The van der Waals surface area contributed by atoms with Gasteiger partial charge in [0.25, 0.3) is 5.91 Å². The van der Waals surface area contributed by atoms with E-state index in [4.69, 9.17) is 11.6 Å². The van der Waals surface area contributed by atoms with Crippen LogP contribution in [0.15, 0.2) is 28.7 Å². The number of hydrogen-bond donors (Lipinski definition) is 0. The van der Waals surface area contributed by atoms with Gasteiger partial charge in [-0.05, 0) is 25.1 Å². The summed E-state index contributed by atoms with van der Waals surface area (Å²) in [4.78, 5) is 13.6. The third kappa shape index (κ3) is 3.21. The van der Waals surface area contributed by atoms with Crippen molar-refractivity contribution < 1.29 is 4.79 Å². The number of rotatable bonds is 3. The molecular formula is C11H13BrClNO. The SMILES string of the molecule is CC(CCl)N(C)C(=O)c1cccc(Br)c1. The maximum absolute atomic E-state index is 11.9. The highest BCUT2D eigenvalue weighted by molar-refractivity contribution is 9.10. The van der Waals surface area contributed by atoms with Crippen molar-refractivity contribution in [3.05, 3.63) is 34.3 Å². The summed E-state index contributed by atoms with van der Waals surface area (Å²) in [6.45, 7) is 1.92. The van der Waals surface area contributed by atoms with Gasteiger partial charge in [0, 0.05) is 29.0 Å². The number of amides is 1. The highest BCUT2D eigenvalue weighted by Crippen LogP contribution is 2.14. The van der Waals surface area contributed by atoms with E-state index in [1.54, 1.807) is 24.1 Å². The van der Waals surface area contributed by atoms with Crippen LogP contribution in [-0.2, 0) is 0 Å². The predicted molar refractivity (Wildman–Crippen MR) is 66.4 cm³/mol. The van der Waals surface area contributed by atoms with Crippen molar-refractivity contribution in [1.82, 2.24) is 4.90 Å². The second-order valence-electron chi connectivity index (χ2n) is 3.43. The molecule has 82 valence electrons. The number of carbonyl (C=O) groups is 1. The van der Waals surface area contributed by atoms with Gasteiger partial charge in [-0.15, -0.1) is 11.6 Å². The van der Waals surface area contributed by atoms with Gasteiger partial charge in [0.1, 0.15) is 0 Å². The fourth-order valence-electron chi connectivity index (χ4n) is 1.13. The fraction of sp³-hybridized carbons (Fsp3) is 0.364. The van der Waals surface area contributed by atoms with Crippen LogP contribution in [0.4, 0.5) is 0 Å². The molecule has 0 bridgehead atoms. The van der Waals surface area contributed by atoms with Crippen LogP contribution in [0.5, 0.6) is 0 Å². The van der Waals surface area contributed by atoms with Crippen LogP contribution in [0.2, 0.25) is 0 Å². The average molecular weight is 291 g/mol. The molecule has 0 fully saturated rings. The fourth-order valence-corrected chi connectivity index (χ4v) is 1.74. The lowest BCUT2D eigenvalue weighted by molar-refractivity contribution is 0.0756. The van der Waals surface area contributed by atoms with Gasteiger partial charge in [-0.3, -0.25) is 4.79 Å². The third-order valence-corrected chi connectivity index (χ3v) is 3.22. The molecule has 0 aliphatic heterocycles. The molecular weight excluding hydrogens is 277 g/mol. The first-order chi connectivity index (χ1) is 7.06. The van der Waals surface area contributed by atoms with Crippen LogP contribution < -0.4 is 0 Å². The molecule has 1 unspecified atom stereocenters. The Balaban J connectivity index is 2.85. The van der Waals surface area contributed by atoms with Crippen molar-refractivity contribution in [1.29, 1.82) is 0 Å². The van der Waals surface area contributed by atoms with E-state index in [1.807, 2.05) is 19.1 Å². The second-order valence-corrected chi connectivity index (χ2v) is 4.65. The Morgan fingerprint density at radius 1 is 1.60 bits per heavy atom. The Bertz CT molecular complexity index is 356. The highest BCUT2D eigenvalue weighted by atomic mass is 79.9. The van der Waals surface area contributed by atoms with Gasteiger partial charge >= 0.3 is 0 Å². The number of benzene rings is 1. The molecule has 1 aromatic rings. The van der Waals surface area contributed by atoms with Crippen LogP contribution >= 0.6 is 27.5 Å². The summed E-state index contributed by atoms with van der Waals surface area (Å²) < 4.78 is 0.903. The molecule has 15 heavy (non-hydrogen) atoms. The molecule has 1 amide bonds. The molecule has 1 aromatic carbocycles. The molecule has 0 heterocycles. The molecule has 1 atom stereocenters. The van der Waals surface area contributed by atoms with E-state index in [0.29, 0.717) is 11.4 Å². The van der Waals surface area contributed by atoms with E-state index in [1.165, 1.54) is 0 Å². The minimum Gasteiger partial charge on any atom is -0.338 e. The van der Waals surface area contributed by atoms with E-state index >= 15 is 0 Å². The van der Waals surface area contributed by atoms with Crippen LogP contribution in [0.3, 0.4) is 0 Å². The summed E-state index contributed by atoms with van der Waals surface area (Å²) >= 11 is 9.04. The molecule has 0 aliphatic carbocycles. The first-order valence-electron chi connectivity index (χ1n) is 4.65. The van der Waals surface area contributed by atoms with Crippen molar-refractivity contribution in [3.8, 4) is 0 Å². The van der Waals surface area contributed by atoms with Crippen molar-refractivity contribution in [2.75, 3.05) is 12.9 Å². The first-order valence-corrected chi connectivity index (χ1v) is 5.97. The summed E-state index contributed by atoms with van der Waals surface area (Å²) in [5, 5.41) is 0. The first kappa shape index (κ1) is 12.5. The molecule has 0 N–H and O–H groups in total. The summed E-state index contributed by atoms with van der Waals surface area (Å²) in [6, 6.07) is 7.38. The van der Waals surface area contributed by atoms with Gasteiger partial charge in [0.2, 0.25) is 0 Å². The molecule has 0 saturated heterocycles. The van der Waals surface area contributed by atoms with E-state index in [9.17, 15) is 4.79 Å². The normalized spacial score (nSPS) is 12.3. The van der Waals surface area contributed by atoms with Gasteiger partial charge in [0.05, 0.1) is 0 Å². The molecule has 0 spiro atoms. The molecule has 0 aliphatic rings. The summed E-state index contributed by atoms with van der Waals surface area (Å²) in [5.41, 5.74) is 0.670. The lowest BCUT2D eigenvalue weighted by Crippen LogP contribution is -2.36. The smallest absolute Gasteiger partial charge is 0.253 e. The Labute approximate surface area is 103 Å². The Kier molecular flexibility index (Phi) is 4.61. The zero-order valence-electron chi connectivity index (χ0n) is 8.71. The largest absolute Gasteiger partial charge is 0.338 e. The highest BCUT2D eigenvalue weighted by Gasteiger charge is 2.16. The van der Waals surface area contributed by atoms with Gasteiger partial charge in [-0.1, -0.05) is 22.0 Å². The zero-order valence-corrected chi connectivity index (χ0v) is 11.0. The van der Waals surface area contributed by atoms with Gasteiger partial charge in [0.15, 0.2) is 0 Å². The van der Waals surface area contributed by atoms with Gasteiger partial charge in [-0.25, -0.2) is 0 Å². The van der Waals surface area contributed by atoms with Crippen molar-refractivity contribution in [2.45, 2.75) is 13.0 Å². The maximum Gasteiger partial charge on any atom is 0.253 e. The predicted octanol–water partition coefficient (Wildman–Crippen LogP) is 3.15. The topological polar surface area (TPSA) is 20.3 Å². The van der Waals surface area contributed by atoms with E-state index in [-0.39, 0.29) is 11.9 Å². The monoisotopic (exact) mass is 289 g/mol. The number of hydrogen-bond acceptors (Lipinski definition) is 1. The second kappa shape index (κ2) is 5.52. The molecule has 0 saturated carbocycles. The number of nitrogens with zero attached hydrogens (tertiary/aromatic N) is 1. The minimum atomic E-state index is -0.00977. The average Bonchev–Trinajstić information content (AvgIpc) is 2.26. The van der Waals surface area contributed by atoms with E-state index < -0.39 is 0 Å². The summed E-state index contributed by atoms with van der Waals surface area (Å²) in [6.07, 6.45) is 0. The van der Waals surface area contributed by atoms with Crippen molar-refractivity contribution >= 4 is 33.4 Å². The number of alkyl halides is 1. The molecule has 1 rings (SSSR count). The molecule has 0 aromatic heterocycles. The number of halogens is 2. The Morgan fingerprint density at radius 3 is 2.80 bits per heavy atom. The molecule has 2 nitrogen and oxygen atoms in total. The minimum absolute atomic E-state index is 0.00977.